The topological polar surface area (TPSA) is 93.9 Å². The number of hydrogen-bond acceptors (Lipinski definition) is 6. The number of nitro groups is 1. The maximum atomic E-state index is 12.5. The molecular weight excluding hydrogens is 412 g/mol. The van der Waals surface area contributed by atoms with E-state index in [0.29, 0.717) is 25.4 Å². The van der Waals surface area contributed by atoms with Gasteiger partial charge >= 0.3 is 6.61 Å². The van der Waals surface area contributed by atoms with E-state index in [0.717, 1.165) is 11.1 Å². The van der Waals surface area contributed by atoms with E-state index in [1.807, 2.05) is 11.9 Å². The molecule has 0 saturated heterocycles. The number of ether oxygens (including phenoxy) is 2. The lowest BCUT2D eigenvalue weighted by Gasteiger charge is -2.18. The van der Waals surface area contributed by atoms with E-state index in [9.17, 15) is 23.7 Å². The predicted octanol–water partition coefficient (Wildman–Crippen LogP) is 4.36. The molecule has 8 nitrogen and oxygen atoms in total. The molecule has 168 valence electrons. The summed E-state index contributed by atoms with van der Waals surface area (Å²) in [5, 5.41) is 13.6. The number of rotatable bonds is 11. The van der Waals surface area contributed by atoms with Crippen LogP contribution in [0.15, 0.2) is 36.4 Å². The first-order valence-corrected chi connectivity index (χ1v) is 9.63. The molecule has 0 atom stereocenters. The number of non-ortho nitro benzene ring substituents is 1. The number of aryl methyl sites for hydroxylation is 1. The van der Waals surface area contributed by atoms with E-state index in [-0.39, 0.29) is 29.5 Å². The van der Waals surface area contributed by atoms with Gasteiger partial charge in [-0.25, -0.2) is 0 Å². The molecule has 0 aliphatic carbocycles. The minimum absolute atomic E-state index is 0.0324. The standard InChI is InChI=1S/C21H25F2N3O5/c1-4-30-19-11-15(6-8-18(19)31-21(22)23)13-25(3)10-9-20(27)24-17-12-16(26(28)29)7-5-14(17)2/h5-8,11-12,21H,4,9-10,13H2,1-3H3,(H,24,27). The first-order valence-electron chi connectivity index (χ1n) is 9.63. The minimum atomic E-state index is -2.94. The molecule has 1 N–H and O–H groups in total. The largest absolute Gasteiger partial charge is 0.490 e. The van der Waals surface area contributed by atoms with Crippen LogP contribution in [0, 0.1) is 17.0 Å². The maximum absolute atomic E-state index is 12.5. The summed E-state index contributed by atoms with van der Waals surface area (Å²) in [6.45, 7) is 1.73. The third kappa shape index (κ3) is 7.49. The summed E-state index contributed by atoms with van der Waals surface area (Å²) in [4.78, 5) is 24.6. The Morgan fingerprint density at radius 1 is 1.23 bits per heavy atom. The van der Waals surface area contributed by atoms with E-state index >= 15 is 0 Å². The van der Waals surface area contributed by atoms with Gasteiger partial charge in [0.1, 0.15) is 0 Å². The van der Waals surface area contributed by atoms with Crippen LogP contribution in [0.4, 0.5) is 20.2 Å². The van der Waals surface area contributed by atoms with Crippen molar-refractivity contribution in [2.24, 2.45) is 0 Å². The van der Waals surface area contributed by atoms with Gasteiger partial charge in [0.25, 0.3) is 5.69 Å². The van der Waals surface area contributed by atoms with Crippen LogP contribution in [0.2, 0.25) is 0 Å². The smallest absolute Gasteiger partial charge is 0.387 e. The molecule has 0 aliphatic rings. The van der Waals surface area contributed by atoms with Crippen LogP contribution in [0.5, 0.6) is 11.5 Å². The summed E-state index contributed by atoms with van der Waals surface area (Å²) in [6, 6.07) is 9.00. The number of halogens is 2. The third-order valence-corrected chi connectivity index (χ3v) is 4.40. The fourth-order valence-corrected chi connectivity index (χ4v) is 2.87. The molecule has 2 aromatic rings. The fraction of sp³-hybridized carbons (Fsp3) is 0.381. The Labute approximate surface area is 178 Å². The molecule has 0 bridgehead atoms. The minimum Gasteiger partial charge on any atom is -0.490 e. The van der Waals surface area contributed by atoms with Crippen molar-refractivity contribution in [3.63, 3.8) is 0 Å². The van der Waals surface area contributed by atoms with Crippen molar-refractivity contribution >= 4 is 17.3 Å². The molecule has 0 radical (unpaired) electrons. The van der Waals surface area contributed by atoms with Gasteiger partial charge in [0.15, 0.2) is 11.5 Å². The second kappa shape index (κ2) is 11.2. The number of nitrogens with zero attached hydrogens (tertiary/aromatic N) is 2. The van der Waals surface area contributed by atoms with E-state index in [2.05, 4.69) is 10.1 Å². The number of alkyl halides is 2. The fourth-order valence-electron chi connectivity index (χ4n) is 2.87. The van der Waals surface area contributed by atoms with Gasteiger partial charge in [-0.3, -0.25) is 14.9 Å². The average Bonchev–Trinajstić information content (AvgIpc) is 2.70. The van der Waals surface area contributed by atoms with Crippen molar-refractivity contribution in [2.45, 2.75) is 33.4 Å². The summed E-state index contributed by atoms with van der Waals surface area (Å²) < 4.78 is 34.9. The molecule has 10 heteroatoms. The molecule has 0 unspecified atom stereocenters. The molecule has 0 spiro atoms. The second-order valence-corrected chi connectivity index (χ2v) is 6.88. The molecule has 0 fully saturated rings. The number of nitrogens with one attached hydrogen (secondary N) is 1. The maximum Gasteiger partial charge on any atom is 0.387 e. The number of amides is 1. The molecule has 1 amide bonds. The van der Waals surface area contributed by atoms with Gasteiger partial charge in [-0.2, -0.15) is 8.78 Å². The molecular formula is C21H25F2N3O5. The number of carbonyl (C=O) groups excluding carboxylic acids is 1. The van der Waals surface area contributed by atoms with Gasteiger partial charge < -0.3 is 19.7 Å². The van der Waals surface area contributed by atoms with Crippen molar-refractivity contribution in [3.05, 3.63) is 57.6 Å². The Balaban J connectivity index is 1.93. The zero-order valence-electron chi connectivity index (χ0n) is 17.6. The molecule has 2 rings (SSSR count). The van der Waals surface area contributed by atoms with Crippen LogP contribution in [0.1, 0.15) is 24.5 Å². The highest BCUT2D eigenvalue weighted by molar-refractivity contribution is 5.92. The van der Waals surface area contributed by atoms with Crippen molar-refractivity contribution in [1.82, 2.24) is 4.90 Å². The molecule has 31 heavy (non-hydrogen) atoms. The Hall–Kier alpha value is -3.27. The van der Waals surface area contributed by atoms with E-state index in [4.69, 9.17) is 4.74 Å². The van der Waals surface area contributed by atoms with Crippen molar-refractivity contribution in [3.8, 4) is 11.5 Å². The van der Waals surface area contributed by atoms with Crippen molar-refractivity contribution in [1.29, 1.82) is 0 Å². The van der Waals surface area contributed by atoms with E-state index in [1.54, 1.807) is 32.0 Å². The van der Waals surface area contributed by atoms with Gasteiger partial charge in [0.2, 0.25) is 5.91 Å². The average molecular weight is 437 g/mol. The summed E-state index contributed by atoms with van der Waals surface area (Å²) in [6.07, 6.45) is 0.170. The number of benzene rings is 2. The molecule has 0 heterocycles. The highest BCUT2D eigenvalue weighted by Gasteiger charge is 2.14. The predicted molar refractivity (Wildman–Crippen MR) is 112 cm³/mol. The van der Waals surface area contributed by atoms with Crippen LogP contribution in [-0.2, 0) is 11.3 Å². The Morgan fingerprint density at radius 2 is 1.97 bits per heavy atom. The Morgan fingerprint density at radius 3 is 2.61 bits per heavy atom. The lowest BCUT2D eigenvalue weighted by Crippen LogP contribution is -2.24. The summed E-state index contributed by atoms with van der Waals surface area (Å²) in [5.74, 6) is -0.0753. The number of nitro benzene ring substituents is 1. The summed E-state index contributed by atoms with van der Waals surface area (Å²) in [7, 11) is 1.82. The van der Waals surface area contributed by atoms with Gasteiger partial charge in [0, 0.05) is 31.6 Å². The summed E-state index contributed by atoms with van der Waals surface area (Å²) >= 11 is 0. The van der Waals surface area contributed by atoms with E-state index in [1.165, 1.54) is 18.2 Å². The number of anilines is 1. The highest BCUT2D eigenvalue weighted by atomic mass is 19.3. The lowest BCUT2D eigenvalue weighted by molar-refractivity contribution is -0.384. The zero-order valence-corrected chi connectivity index (χ0v) is 17.6. The summed E-state index contributed by atoms with van der Waals surface area (Å²) in [5.41, 5.74) is 1.84. The Kier molecular flexibility index (Phi) is 8.68. The number of hydrogen-bond donors (Lipinski definition) is 1. The molecule has 0 aromatic heterocycles. The van der Waals surface area contributed by atoms with Crippen molar-refractivity contribution in [2.75, 3.05) is 25.5 Å². The van der Waals surface area contributed by atoms with Gasteiger partial charge in [-0.1, -0.05) is 12.1 Å². The van der Waals surface area contributed by atoms with Crippen LogP contribution in [-0.4, -0.2) is 42.5 Å². The van der Waals surface area contributed by atoms with Crippen LogP contribution >= 0.6 is 0 Å². The quantitative estimate of drug-likeness (QED) is 0.415. The first kappa shape index (κ1) is 24.0. The second-order valence-electron chi connectivity index (χ2n) is 6.88. The van der Waals surface area contributed by atoms with Crippen LogP contribution in [0.25, 0.3) is 0 Å². The Bertz CT molecular complexity index is 924. The molecule has 2 aromatic carbocycles. The first-order chi connectivity index (χ1) is 14.7. The van der Waals surface area contributed by atoms with Crippen LogP contribution < -0.4 is 14.8 Å². The number of carbonyl (C=O) groups is 1. The zero-order chi connectivity index (χ0) is 23.0. The SMILES string of the molecule is CCOc1cc(CN(C)CCC(=O)Nc2cc([N+](=O)[O-])ccc2C)ccc1OC(F)F. The van der Waals surface area contributed by atoms with Gasteiger partial charge in [0.05, 0.1) is 17.2 Å². The molecule has 0 aliphatic heterocycles. The highest BCUT2D eigenvalue weighted by Crippen LogP contribution is 2.30. The molecule has 0 saturated carbocycles. The third-order valence-electron chi connectivity index (χ3n) is 4.40. The lowest BCUT2D eigenvalue weighted by atomic mass is 10.1. The van der Waals surface area contributed by atoms with Crippen LogP contribution in [0.3, 0.4) is 0 Å². The van der Waals surface area contributed by atoms with Crippen molar-refractivity contribution < 1.29 is 28.0 Å². The monoisotopic (exact) mass is 437 g/mol. The normalized spacial score (nSPS) is 10.9. The van der Waals surface area contributed by atoms with Gasteiger partial charge in [-0.15, -0.1) is 0 Å². The van der Waals surface area contributed by atoms with Gasteiger partial charge in [-0.05, 0) is 44.2 Å². The van der Waals surface area contributed by atoms with E-state index < -0.39 is 11.5 Å².